The molecule has 1 aromatic heterocycles. The smallest absolute Gasteiger partial charge is 0.290 e. The molecule has 3 rings (SSSR count). The van der Waals surface area contributed by atoms with Crippen molar-refractivity contribution in [2.75, 3.05) is 6.54 Å². The van der Waals surface area contributed by atoms with Crippen molar-refractivity contribution in [1.82, 2.24) is 9.88 Å². The average Bonchev–Trinajstić information content (AvgIpc) is 2.81. The van der Waals surface area contributed by atoms with E-state index in [0.29, 0.717) is 19.5 Å². The minimum absolute atomic E-state index is 0.288. The Morgan fingerprint density at radius 1 is 1.10 bits per heavy atom. The van der Waals surface area contributed by atoms with Gasteiger partial charge in [-0.3, -0.25) is 14.6 Å². The summed E-state index contributed by atoms with van der Waals surface area (Å²) in [6.07, 6.45) is 3.86. The molecule has 20 heavy (non-hydrogen) atoms. The number of hydrogen-bond donors (Lipinski definition) is 0. The Hall–Kier alpha value is -2.49. The topological polar surface area (TPSA) is 50.3 Å². The third-order valence-electron chi connectivity index (χ3n) is 3.49. The number of Topliss-reactive ketones (excluding diaryl/α,β-unsaturated/α-hetero) is 1. The van der Waals surface area contributed by atoms with Crippen LogP contribution in [-0.4, -0.2) is 28.1 Å². The molecule has 1 saturated heterocycles. The Labute approximate surface area is 117 Å². The predicted octanol–water partition coefficient (Wildman–Crippen LogP) is 2.05. The Kier molecular flexibility index (Phi) is 3.29. The largest absolute Gasteiger partial charge is 0.331 e. The summed E-state index contributed by atoms with van der Waals surface area (Å²) in [6.45, 7) is 0.981. The van der Waals surface area contributed by atoms with E-state index in [2.05, 4.69) is 4.98 Å². The van der Waals surface area contributed by atoms with E-state index in [1.165, 1.54) is 0 Å². The van der Waals surface area contributed by atoms with Crippen molar-refractivity contribution in [3.05, 3.63) is 54.4 Å². The van der Waals surface area contributed by atoms with E-state index < -0.39 is 0 Å². The van der Waals surface area contributed by atoms with Crippen molar-refractivity contribution in [3.63, 3.8) is 0 Å². The molecule has 1 aliphatic heterocycles. The highest BCUT2D eigenvalue weighted by Crippen LogP contribution is 2.24. The molecule has 1 aliphatic rings. The minimum atomic E-state index is -0.369. The van der Waals surface area contributed by atoms with Crippen LogP contribution in [0.3, 0.4) is 0 Å². The summed E-state index contributed by atoms with van der Waals surface area (Å²) in [5, 5.41) is 0. The number of benzene rings is 1. The van der Waals surface area contributed by atoms with Crippen molar-refractivity contribution >= 4 is 11.7 Å². The minimum Gasteiger partial charge on any atom is -0.331 e. The first-order chi connectivity index (χ1) is 9.75. The molecular formula is C16H14N2O2. The second kappa shape index (κ2) is 5.25. The van der Waals surface area contributed by atoms with E-state index in [4.69, 9.17) is 0 Å². The molecule has 0 aliphatic carbocycles. The normalized spacial score (nSPS) is 14.9. The number of carbonyl (C=O) groups excluding carboxylic acids is 2. The van der Waals surface area contributed by atoms with Crippen LogP contribution >= 0.6 is 0 Å². The van der Waals surface area contributed by atoms with Crippen LogP contribution in [0.2, 0.25) is 0 Å². The van der Waals surface area contributed by atoms with Gasteiger partial charge in [-0.1, -0.05) is 30.3 Å². The summed E-state index contributed by atoms with van der Waals surface area (Å²) in [4.78, 5) is 28.8. The Morgan fingerprint density at radius 2 is 1.95 bits per heavy atom. The van der Waals surface area contributed by atoms with Gasteiger partial charge < -0.3 is 4.90 Å². The molecule has 2 heterocycles. The molecule has 100 valence electrons. The second-order valence-electron chi connectivity index (χ2n) is 4.80. The molecule has 0 unspecified atom stereocenters. The number of nitrogens with zero attached hydrogens (tertiary/aromatic N) is 2. The summed E-state index contributed by atoms with van der Waals surface area (Å²) in [6, 6.07) is 11.8. The Balaban J connectivity index is 1.91. The Bertz CT molecular complexity index is 653. The van der Waals surface area contributed by atoms with Crippen molar-refractivity contribution < 1.29 is 9.59 Å². The molecule has 1 aromatic carbocycles. The number of likely N-dealkylation sites (tertiary alicyclic amines) is 1. The molecule has 0 radical (unpaired) electrons. The molecule has 4 nitrogen and oxygen atoms in total. The molecular weight excluding hydrogens is 252 g/mol. The number of pyridine rings is 1. The van der Waals surface area contributed by atoms with Crippen molar-refractivity contribution in [1.29, 1.82) is 0 Å². The van der Waals surface area contributed by atoms with Gasteiger partial charge in [0, 0.05) is 37.5 Å². The molecule has 1 fully saturated rings. The standard InChI is InChI=1S/C16H14N2O2/c19-15-7-9-18(16(15)20)11-13-4-1-2-6-14(13)12-5-3-8-17-10-12/h1-6,8,10H,7,9,11H2. The maximum Gasteiger partial charge on any atom is 0.290 e. The molecule has 0 N–H and O–H groups in total. The number of aromatic nitrogens is 1. The lowest BCUT2D eigenvalue weighted by atomic mass is 10.0. The third-order valence-corrected chi connectivity index (χ3v) is 3.49. The molecule has 4 heteroatoms. The maximum atomic E-state index is 11.7. The van der Waals surface area contributed by atoms with Gasteiger partial charge in [0.15, 0.2) is 0 Å². The number of ketones is 1. The number of hydrogen-bond acceptors (Lipinski definition) is 3. The molecule has 0 atom stereocenters. The summed E-state index contributed by atoms with van der Waals surface area (Å²) in [7, 11) is 0. The lowest BCUT2D eigenvalue weighted by molar-refractivity contribution is -0.140. The lowest BCUT2D eigenvalue weighted by Crippen LogP contribution is -2.27. The van der Waals surface area contributed by atoms with Gasteiger partial charge >= 0.3 is 0 Å². The average molecular weight is 266 g/mol. The van der Waals surface area contributed by atoms with E-state index in [1.54, 1.807) is 17.3 Å². The quantitative estimate of drug-likeness (QED) is 0.799. The molecule has 0 bridgehead atoms. The van der Waals surface area contributed by atoms with Crippen LogP contribution in [0.5, 0.6) is 0 Å². The van der Waals surface area contributed by atoms with Crippen LogP contribution < -0.4 is 0 Å². The fraction of sp³-hybridized carbons (Fsp3) is 0.188. The van der Waals surface area contributed by atoms with E-state index in [0.717, 1.165) is 16.7 Å². The van der Waals surface area contributed by atoms with Gasteiger partial charge in [-0.25, -0.2) is 0 Å². The van der Waals surface area contributed by atoms with Crippen molar-refractivity contribution in [3.8, 4) is 11.1 Å². The maximum absolute atomic E-state index is 11.7. The number of carbonyl (C=O) groups is 2. The fourth-order valence-corrected chi connectivity index (χ4v) is 2.44. The zero-order chi connectivity index (χ0) is 13.9. The van der Waals surface area contributed by atoms with Gasteiger partial charge in [-0.2, -0.15) is 0 Å². The first-order valence-electron chi connectivity index (χ1n) is 6.56. The van der Waals surface area contributed by atoms with E-state index in [9.17, 15) is 9.59 Å². The van der Waals surface area contributed by atoms with Gasteiger partial charge in [-0.05, 0) is 17.2 Å². The number of rotatable bonds is 3. The van der Waals surface area contributed by atoms with Crippen LogP contribution in [0.15, 0.2) is 48.8 Å². The zero-order valence-corrected chi connectivity index (χ0v) is 11.0. The first kappa shape index (κ1) is 12.5. The van der Waals surface area contributed by atoms with Crippen molar-refractivity contribution in [2.45, 2.75) is 13.0 Å². The number of amides is 1. The van der Waals surface area contributed by atoms with Crippen LogP contribution in [0.25, 0.3) is 11.1 Å². The van der Waals surface area contributed by atoms with Gasteiger partial charge in [0.2, 0.25) is 5.78 Å². The Morgan fingerprint density at radius 3 is 2.65 bits per heavy atom. The highest BCUT2D eigenvalue weighted by Gasteiger charge is 2.29. The highest BCUT2D eigenvalue weighted by atomic mass is 16.2. The third kappa shape index (κ3) is 2.32. The van der Waals surface area contributed by atoms with Crippen LogP contribution in [0, 0.1) is 0 Å². The lowest BCUT2D eigenvalue weighted by Gasteiger charge is -2.17. The van der Waals surface area contributed by atoms with E-state index in [-0.39, 0.29) is 11.7 Å². The second-order valence-corrected chi connectivity index (χ2v) is 4.80. The van der Waals surface area contributed by atoms with Gasteiger partial charge in [0.25, 0.3) is 5.91 Å². The molecule has 2 aromatic rings. The van der Waals surface area contributed by atoms with E-state index >= 15 is 0 Å². The predicted molar refractivity (Wildman–Crippen MR) is 74.7 cm³/mol. The van der Waals surface area contributed by atoms with Crippen molar-refractivity contribution in [2.24, 2.45) is 0 Å². The summed E-state index contributed by atoms with van der Waals surface area (Å²) < 4.78 is 0. The van der Waals surface area contributed by atoms with Gasteiger partial charge in [0.1, 0.15) is 0 Å². The van der Waals surface area contributed by atoms with E-state index in [1.807, 2.05) is 36.4 Å². The summed E-state index contributed by atoms with van der Waals surface area (Å²) in [5.41, 5.74) is 3.09. The summed E-state index contributed by atoms with van der Waals surface area (Å²) >= 11 is 0. The molecule has 0 spiro atoms. The van der Waals surface area contributed by atoms with Crippen LogP contribution in [-0.2, 0) is 16.1 Å². The molecule has 1 amide bonds. The van der Waals surface area contributed by atoms with Gasteiger partial charge in [0.05, 0.1) is 0 Å². The highest BCUT2D eigenvalue weighted by molar-refractivity contribution is 6.37. The fourth-order valence-electron chi connectivity index (χ4n) is 2.44. The summed E-state index contributed by atoms with van der Waals surface area (Å²) in [5.74, 6) is -0.658. The SMILES string of the molecule is O=C1CCN(Cc2ccccc2-c2cccnc2)C1=O. The zero-order valence-electron chi connectivity index (χ0n) is 11.0. The monoisotopic (exact) mass is 266 g/mol. The van der Waals surface area contributed by atoms with Crippen LogP contribution in [0.4, 0.5) is 0 Å². The first-order valence-corrected chi connectivity index (χ1v) is 6.56. The molecule has 0 saturated carbocycles. The van der Waals surface area contributed by atoms with Gasteiger partial charge in [-0.15, -0.1) is 0 Å². The van der Waals surface area contributed by atoms with Crippen LogP contribution in [0.1, 0.15) is 12.0 Å².